The van der Waals surface area contributed by atoms with Crippen LogP contribution >= 0.6 is 0 Å². The highest BCUT2D eigenvalue weighted by Crippen LogP contribution is 2.26. The smallest absolute Gasteiger partial charge is 0.224 e. The highest BCUT2D eigenvalue weighted by Gasteiger charge is 2.21. The van der Waals surface area contributed by atoms with Crippen molar-refractivity contribution in [3.63, 3.8) is 0 Å². The van der Waals surface area contributed by atoms with Gasteiger partial charge in [-0.3, -0.25) is 4.79 Å². The molecule has 3 rings (SSSR count). The van der Waals surface area contributed by atoms with Gasteiger partial charge in [0.1, 0.15) is 18.0 Å². The standard InChI is InChI=1S/C21H29N5O/c1-3-22-19-14-20(24-15-23-19)26-12-10-17(11-13-26)8-9-21(27)25-18-7-5-4-6-16(18)2/h4-7,14-15,17H,3,8-13H2,1-2H3,(H,25,27)(H,22,23,24). The van der Waals surface area contributed by atoms with Crippen LogP contribution in [0.1, 0.15) is 38.2 Å². The van der Waals surface area contributed by atoms with Crippen LogP contribution in [0.4, 0.5) is 17.3 Å². The van der Waals surface area contributed by atoms with Gasteiger partial charge in [0.05, 0.1) is 0 Å². The van der Waals surface area contributed by atoms with Crippen molar-refractivity contribution in [2.24, 2.45) is 5.92 Å². The van der Waals surface area contributed by atoms with E-state index in [4.69, 9.17) is 0 Å². The number of hydrogen-bond donors (Lipinski definition) is 2. The summed E-state index contributed by atoms with van der Waals surface area (Å²) in [7, 11) is 0. The Morgan fingerprint density at radius 1 is 1.22 bits per heavy atom. The van der Waals surface area contributed by atoms with E-state index >= 15 is 0 Å². The summed E-state index contributed by atoms with van der Waals surface area (Å²) < 4.78 is 0. The van der Waals surface area contributed by atoms with Gasteiger partial charge in [-0.25, -0.2) is 9.97 Å². The van der Waals surface area contributed by atoms with Gasteiger partial charge in [0.25, 0.3) is 0 Å². The molecule has 1 aliphatic heterocycles. The lowest BCUT2D eigenvalue weighted by atomic mass is 9.92. The normalized spacial score (nSPS) is 14.8. The Hall–Kier alpha value is -2.63. The van der Waals surface area contributed by atoms with Crippen LogP contribution < -0.4 is 15.5 Å². The van der Waals surface area contributed by atoms with Crippen LogP contribution in [0.15, 0.2) is 36.7 Å². The first-order valence-electron chi connectivity index (χ1n) is 9.82. The lowest BCUT2D eigenvalue weighted by molar-refractivity contribution is -0.116. The Bertz CT molecular complexity index is 756. The van der Waals surface area contributed by atoms with E-state index in [1.54, 1.807) is 6.33 Å². The maximum atomic E-state index is 12.2. The summed E-state index contributed by atoms with van der Waals surface area (Å²) in [5.74, 6) is 2.56. The quantitative estimate of drug-likeness (QED) is 0.778. The van der Waals surface area contributed by atoms with E-state index < -0.39 is 0 Å². The van der Waals surface area contributed by atoms with Crippen LogP contribution in [-0.4, -0.2) is 35.5 Å². The first kappa shape index (κ1) is 19.1. The Kier molecular flexibility index (Phi) is 6.63. The van der Waals surface area contributed by atoms with Gasteiger partial charge >= 0.3 is 0 Å². The zero-order valence-electron chi connectivity index (χ0n) is 16.2. The third kappa shape index (κ3) is 5.42. The molecular weight excluding hydrogens is 338 g/mol. The van der Waals surface area contributed by atoms with Crippen LogP contribution in [0.5, 0.6) is 0 Å². The Morgan fingerprint density at radius 2 is 2.00 bits per heavy atom. The second kappa shape index (κ2) is 9.35. The molecular formula is C21H29N5O. The summed E-state index contributed by atoms with van der Waals surface area (Å²) in [5, 5.41) is 6.26. The molecule has 0 spiro atoms. The molecule has 144 valence electrons. The average molecular weight is 367 g/mol. The third-order valence-electron chi connectivity index (χ3n) is 5.15. The second-order valence-electron chi connectivity index (χ2n) is 7.12. The summed E-state index contributed by atoms with van der Waals surface area (Å²) in [6, 6.07) is 9.92. The number of anilines is 3. The zero-order valence-corrected chi connectivity index (χ0v) is 16.2. The van der Waals surface area contributed by atoms with Crippen molar-refractivity contribution >= 4 is 23.2 Å². The van der Waals surface area contributed by atoms with E-state index in [9.17, 15) is 4.79 Å². The van der Waals surface area contributed by atoms with Crippen molar-refractivity contribution in [3.05, 3.63) is 42.2 Å². The first-order chi connectivity index (χ1) is 13.2. The van der Waals surface area contributed by atoms with Crippen molar-refractivity contribution in [3.8, 4) is 0 Å². The van der Waals surface area contributed by atoms with Crippen molar-refractivity contribution in [1.29, 1.82) is 0 Å². The van der Waals surface area contributed by atoms with Crippen LogP contribution in [0.25, 0.3) is 0 Å². The monoisotopic (exact) mass is 367 g/mol. The molecule has 0 saturated carbocycles. The number of carbonyl (C=O) groups excluding carboxylic acids is 1. The number of nitrogens with one attached hydrogen (secondary N) is 2. The largest absolute Gasteiger partial charge is 0.370 e. The SMILES string of the molecule is CCNc1cc(N2CCC(CCC(=O)Nc3ccccc3C)CC2)ncn1. The molecule has 0 atom stereocenters. The predicted molar refractivity (Wildman–Crippen MR) is 110 cm³/mol. The number of carbonyl (C=O) groups is 1. The molecule has 2 heterocycles. The molecule has 1 aliphatic rings. The molecule has 1 aromatic heterocycles. The summed E-state index contributed by atoms with van der Waals surface area (Å²) in [6.07, 6.45) is 5.33. The number of hydrogen-bond acceptors (Lipinski definition) is 5. The summed E-state index contributed by atoms with van der Waals surface area (Å²) in [5.41, 5.74) is 2.01. The zero-order chi connectivity index (χ0) is 19.1. The molecule has 0 radical (unpaired) electrons. The molecule has 6 heteroatoms. The van der Waals surface area contributed by atoms with Crippen LogP contribution in [0, 0.1) is 12.8 Å². The lowest BCUT2D eigenvalue weighted by Crippen LogP contribution is -2.34. The van der Waals surface area contributed by atoms with Gasteiger partial charge in [0, 0.05) is 37.8 Å². The van der Waals surface area contributed by atoms with E-state index in [1.165, 1.54) is 0 Å². The molecule has 1 saturated heterocycles. The summed E-state index contributed by atoms with van der Waals surface area (Å²) >= 11 is 0. The molecule has 6 nitrogen and oxygen atoms in total. The molecule has 1 aromatic carbocycles. The van der Waals surface area contributed by atoms with Gasteiger partial charge in [-0.1, -0.05) is 18.2 Å². The van der Waals surface area contributed by atoms with Gasteiger partial charge < -0.3 is 15.5 Å². The van der Waals surface area contributed by atoms with Crippen LogP contribution in [0.2, 0.25) is 0 Å². The minimum atomic E-state index is 0.109. The second-order valence-corrected chi connectivity index (χ2v) is 7.12. The van der Waals surface area contributed by atoms with Crippen molar-refractivity contribution in [1.82, 2.24) is 9.97 Å². The first-order valence-corrected chi connectivity index (χ1v) is 9.82. The van der Waals surface area contributed by atoms with Gasteiger partial charge in [0.15, 0.2) is 0 Å². The molecule has 27 heavy (non-hydrogen) atoms. The molecule has 0 unspecified atom stereocenters. The Labute approximate surface area is 161 Å². The summed E-state index contributed by atoms with van der Waals surface area (Å²) in [6.45, 7) is 6.88. The lowest BCUT2D eigenvalue weighted by Gasteiger charge is -2.32. The van der Waals surface area contributed by atoms with Gasteiger partial charge in [-0.05, 0) is 50.7 Å². The van der Waals surface area contributed by atoms with Crippen LogP contribution in [-0.2, 0) is 4.79 Å². The number of aromatic nitrogens is 2. The van der Waals surface area contributed by atoms with Crippen molar-refractivity contribution in [2.75, 3.05) is 35.2 Å². The fourth-order valence-corrected chi connectivity index (χ4v) is 3.51. The fraction of sp³-hybridized carbons (Fsp3) is 0.476. The number of piperidine rings is 1. The highest BCUT2D eigenvalue weighted by atomic mass is 16.1. The summed E-state index contributed by atoms with van der Waals surface area (Å²) in [4.78, 5) is 23.2. The number of aryl methyl sites for hydroxylation is 1. The van der Waals surface area contributed by atoms with Gasteiger partial charge in [-0.2, -0.15) is 0 Å². The highest BCUT2D eigenvalue weighted by molar-refractivity contribution is 5.91. The molecule has 2 N–H and O–H groups in total. The Balaban J connectivity index is 1.44. The number of benzene rings is 1. The maximum Gasteiger partial charge on any atom is 0.224 e. The average Bonchev–Trinajstić information content (AvgIpc) is 2.69. The molecule has 1 fully saturated rings. The van der Waals surface area contributed by atoms with Gasteiger partial charge in [0.2, 0.25) is 5.91 Å². The fourth-order valence-electron chi connectivity index (χ4n) is 3.51. The van der Waals surface area contributed by atoms with Crippen molar-refractivity contribution in [2.45, 2.75) is 39.5 Å². The number of para-hydroxylation sites is 1. The van der Waals surface area contributed by atoms with E-state index in [1.807, 2.05) is 37.3 Å². The number of amides is 1. The molecule has 1 amide bonds. The van der Waals surface area contributed by atoms with E-state index in [2.05, 4.69) is 32.4 Å². The number of nitrogens with zero attached hydrogens (tertiary/aromatic N) is 3. The van der Waals surface area contributed by atoms with E-state index in [0.29, 0.717) is 12.3 Å². The topological polar surface area (TPSA) is 70.2 Å². The third-order valence-corrected chi connectivity index (χ3v) is 5.15. The predicted octanol–water partition coefficient (Wildman–Crippen LogP) is 3.85. The van der Waals surface area contributed by atoms with Gasteiger partial charge in [-0.15, -0.1) is 0 Å². The Morgan fingerprint density at radius 3 is 2.74 bits per heavy atom. The van der Waals surface area contributed by atoms with E-state index in [0.717, 1.165) is 61.8 Å². The van der Waals surface area contributed by atoms with Crippen LogP contribution in [0.3, 0.4) is 0 Å². The molecule has 2 aromatic rings. The minimum absolute atomic E-state index is 0.109. The molecule has 0 bridgehead atoms. The minimum Gasteiger partial charge on any atom is -0.370 e. The van der Waals surface area contributed by atoms with E-state index in [-0.39, 0.29) is 5.91 Å². The maximum absolute atomic E-state index is 12.2. The van der Waals surface area contributed by atoms with Crippen molar-refractivity contribution < 1.29 is 4.79 Å². The number of rotatable bonds is 7. The molecule has 0 aliphatic carbocycles.